The smallest absolute Gasteiger partial charge is 0.303 e. The van der Waals surface area contributed by atoms with E-state index in [-0.39, 0.29) is 6.42 Å². The summed E-state index contributed by atoms with van der Waals surface area (Å²) in [6, 6.07) is 9.81. The zero-order valence-corrected chi connectivity index (χ0v) is 23.6. The van der Waals surface area contributed by atoms with Crippen molar-refractivity contribution in [2.45, 2.75) is 71.3 Å². The molecule has 0 amide bonds. The lowest BCUT2D eigenvalue weighted by Crippen LogP contribution is -2.69. The number of halogens is 1. The van der Waals surface area contributed by atoms with E-state index < -0.39 is 64.3 Å². The quantitative estimate of drug-likeness (QED) is 0.550. The molecule has 0 spiro atoms. The van der Waals surface area contributed by atoms with E-state index in [4.69, 9.17) is 4.74 Å². The number of hydrogen-bond acceptors (Lipinski definition) is 6. The van der Waals surface area contributed by atoms with Crippen molar-refractivity contribution in [2.75, 3.05) is 6.61 Å². The summed E-state index contributed by atoms with van der Waals surface area (Å²) in [5.41, 5.74) is -1.53. The molecular weight excluding hydrogens is 511 g/mol. The Morgan fingerprint density at radius 1 is 1.23 bits per heavy atom. The van der Waals surface area contributed by atoms with E-state index in [0.29, 0.717) is 12.8 Å². The third-order valence-corrected chi connectivity index (χ3v) is 10.9. The molecule has 0 aliphatic heterocycles. The van der Waals surface area contributed by atoms with Crippen LogP contribution in [-0.2, 0) is 20.7 Å². The van der Waals surface area contributed by atoms with Gasteiger partial charge >= 0.3 is 5.97 Å². The van der Waals surface area contributed by atoms with Gasteiger partial charge in [-0.15, -0.1) is 0 Å². The Balaban J connectivity index is 1.45. The highest BCUT2D eigenvalue weighted by molar-refractivity contribution is 5.91. The lowest BCUT2D eigenvalue weighted by atomic mass is 9.44. The van der Waals surface area contributed by atoms with Crippen LogP contribution < -0.4 is 0 Å². The first-order valence-corrected chi connectivity index (χ1v) is 14.1. The SMILES string of the molecule is CC(=O)OCC(=O)[C@@]1(O)[C@H](C)C[C@H]2[C@@H]3C=C(C)C4=Cc5c(cnn5-c5ccccc5)C[C@]4(C)[C@@]3(F)[C@@H](O)C[C@@]21C. The number of aliphatic hydroxyl groups is 2. The molecule has 0 saturated heterocycles. The number of Topliss-reactive ketones (excluding diaryl/α,β-unsaturated/α-hetero) is 1. The first-order valence-electron chi connectivity index (χ1n) is 14.1. The van der Waals surface area contributed by atoms with Crippen LogP contribution in [0, 0.1) is 28.6 Å². The highest BCUT2D eigenvalue weighted by Crippen LogP contribution is 2.70. The van der Waals surface area contributed by atoms with Gasteiger partial charge in [-0.3, -0.25) is 9.59 Å². The molecule has 2 N–H and O–H groups in total. The second kappa shape index (κ2) is 8.70. The van der Waals surface area contributed by atoms with Crippen LogP contribution in [0.5, 0.6) is 0 Å². The Morgan fingerprint density at radius 3 is 2.60 bits per heavy atom. The van der Waals surface area contributed by atoms with Gasteiger partial charge < -0.3 is 14.9 Å². The molecule has 1 heterocycles. The number of ketones is 1. The summed E-state index contributed by atoms with van der Waals surface area (Å²) in [4.78, 5) is 24.8. The number of rotatable bonds is 4. The summed E-state index contributed by atoms with van der Waals surface area (Å²) >= 11 is 0. The van der Waals surface area contributed by atoms with Gasteiger partial charge in [0.25, 0.3) is 0 Å². The number of aromatic nitrogens is 2. The van der Waals surface area contributed by atoms with Crippen LogP contribution in [-0.4, -0.2) is 55.7 Å². The van der Waals surface area contributed by atoms with Crippen LogP contribution in [0.3, 0.4) is 0 Å². The number of aliphatic hydroxyl groups excluding tert-OH is 1. The van der Waals surface area contributed by atoms with Gasteiger partial charge in [0.2, 0.25) is 5.78 Å². The number of ether oxygens (including phenoxy) is 1. The monoisotopic (exact) mass is 548 g/mol. The van der Waals surface area contributed by atoms with Gasteiger partial charge in [0.05, 0.1) is 23.7 Å². The summed E-state index contributed by atoms with van der Waals surface area (Å²) in [7, 11) is 0. The molecule has 8 atom stereocenters. The van der Waals surface area contributed by atoms with Crippen LogP contribution in [0.1, 0.15) is 58.7 Å². The third kappa shape index (κ3) is 3.26. The third-order valence-electron chi connectivity index (χ3n) is 10.9. The molecule has 1 aromatic carbocycles. The molecule has 2 saturated carbocycles. The second-order valence-corrected chi connectivity index (χ2v) is 12.9. The van der Waals surface area contributed by atoms with Crippen LogP contribution in [0.2, 0.25) is 0 Å². The average molecular weight is 549 g/mol. The number of hydrogen-bond donors (Lipinski definition) is 2. The molecule has 4 aliphatic rings. The van der Waals surface area contributed by atoms with E-state index in [0.717, 1.165) is 28.1 Å². The lowest BCUT2D eigenvalue weighted by molar-refractivity contribution is -0.212. The molecule has 212 valence electrons. The summed E-state index contributed by atoms with van der Waals surface area (Å²) in [5, 5.41) is 28.4. The van der Waals surface area contributed by atoms with Crippen molar-refractivity contribution < 1.29 is 28.9 Å². The number of carbonyl (C=O) groups excluding carboxylic acids is 2. The Labute approximate surface area is 233 Å². The molecule has 8 heteroatoms. The molecule has 0 radical (unpaired) electrons. The van der Waals surface area contributed by atoms with Gasteiger partial charge in [-0.1, -0.05) is 50.6 Å². The highest BCUT2D eigenvalue weighted by atomic mass is 19.1. The van der Waals surface area contributed by atoms with E-state index >= 15 is 4.39 Å². The van der Waals surface area contributed by atoms with Gasteiger partial charge in [0.15, 0.2) is 12.3 Å². The zero-order chi connectivity index (χ0) is 28.8. The number of allylic oxidation sites excluding steroid dienone is 3. The van der Waals surface area contributed by atoms with E-state index in [1.807, 2.05) is 61.0 Å². The first-order chi connectivity index (χ1) is 18.8. The molecule has 2 fully saturated rings. The maximum Gasteiger partial charge on any atom is 0.303 e. The summed E-state index contributed by atoms with van der Waals surface area (Å²) in [6.45, 7) is 8.12. The van der Waals surface area contributed by atoms with Crippen molar-refractivity contribution in [2.24, 2.45) is 28.6 Å². The van der Waals surface area contributed by atoms with E-state index in [2.05, 4.69) is 5.10 Å². The topological polar surface area (TPSA) is 102 Å². The lowest BCUT2D eigenvalue weighted by Gasteiger charge is -2.62. The van der Waals surface area contributed by atoms with Gasteiger partial charge in [0.1, 0.15) is 5.60 Å². The molecule has 40 heavy (non-hydrogen) atoms. The summed E-state index contributed by atoms with van der Waals surface area (Å²) in [5.74, 6) is -2.82. The largest absolute Gasteiger partial charge is 0.458 e. The van der Waals surface area contributed by atoms with Gasteiger partial charge in [-0.05, 0) is 67.4 Å². The molecule has 6 rings (SSSR count). The summed E-state index contributed by atoms with van der Waals surface area (Å²) < 4.78 is 24.8. The standard InChI is InChI=1S/C32H37FN2O5/c1-18-11-25-24-12-19(2)32(39,28(38)17-40-20(3)36)30(24,5)15-27(37)31(25,33)29(4)14-21-16-34-35(26(21)13-23(18)29)22-9-7-6-8-10-22/h6-11,13,16,19,24-25,27,37,39H,12,14-15,17H2,1-5H3/t19-,24+,25+,27+,29+,30+,31+,32+/m1/s1. The number of carbonyl (C=O) groups is 2. The van der Waals surface area contributed by atoms with Crippen molar-refractivity contribution in [3.63, 3.8) is 0 Å². The minimum absolute atomic E-state index is 0.0801. The number of nitrogens with zero attached hydrogens (tertiary/aromatic N) is 2. The Bertz CT molecular complexity index is 1460. The Morgan fingerprint density at radius 2 is 1.93 bits per heavy atom. The predicted octanol–water partition coefficient (Wildman–Crippen LogP) is 4.39. The zero-order valence-electron chi connectivity index (χ0n) is 23.6. The van der Waals surface area contributed by atoms with E-state index in [1.165, 1.54) is 6.92 Å². The predicted molar refractivity (Wildman–Crippen MR) is 147 cm³/mol. The number of esters is 1. The summed E-state index contributed by atoms with van der Waals surface area (Å²) in [6.07, 6.45) is 4.99. The number of fused-ring (bicyclic) bond motifs is 6. The average Bonchev–Trinajstić information content (AvgIpc) is 3.40. The number of para-hydroxylation sites is 1. The second-order valence-electron chi connectivity index (χ2n) is 12.9. The maximum atomic E-state index is 18.0. The fraction of sp³-hybridized carbons (Fsp3) is 0.531. The molecule has 0 unspecified atom stereocenters. The molecule has 1 aromatic heterocycles. The van der Waals surface area contributed by atoms with Crippen LogP contribution >= 0.6 is 0 Å². The fourth-order valence-corrected chi connectivity index (χ4v) is 8.89. The van der Waals surface area contributed by atoms with Gasteiger partial charge in [-0.25, -0.2) is 9.07 Å². The molecule has 4 aliphatic carbocycles. The minimum atomic E-state index is -2.03. The van der Waals surface area contributed by atoms with Crippen molar-refractivity contribution in [1.82, 2.24) is 9.78 Å². The van der Waals surface area contributed by atoms with Crippen molar-refractivity contribution in [1.29, 1.82) is 0 Å². The molecule has 0 bridgehead atoms. The minimum Gasteiger partial charge on any atom is -0.458 e. The van der Waals surface area contributed by atoms with Gasteiger partial charge in [-0.2, -0.15) is 5.10 Å². The Hall–Kier alpha value is -3.10. The first kappa shape index (κ1) is 27.1. The molecule has 7 nitrogen and oxygen atoms in total. The van der Waals surface area contributed by atoms with Crippen molar-refractivity contribution in [3.8, 4) is 5.69 Å². The highest BCUT2D eigenvalue weighted by Gasteiger charge is 2.75. The van der Waals surface area contributed by atoms with Crippen LogP contribution in [0.25, 0.3) is 11.8 Å². The van der Waals surface area contributed by atoms with Crippen LogP contribution in [0.4, 0.5) is 4.39 Å². The van der Waals surface area contributed by atoms with Gasteiger partial charge in [0, 0.05) is 23.7 Å². The number of alkyl halides is 1. The molecular formula is C32H37FN2O5. The van der Waals surface area contributed by atoms with Crippen molar-refractivity contribution in [3.05, 3.63) is 65.0 Å². The fourth-order valence-electron chi connectivity index (χ4n) is 8.89. The molecule has 2 aromatic rings. The van der Waals surface area contributed by atoms with Crippen LogP contribution in [0.15, 0.2) is 53.8 Å². The van der Waals surface area contributed by atoms with E-state index in [9.17, 15) is 19.8 Å². The van der Waals surface area contributed by atoms with Crippen molar-refractivity contribution >= 4 is 17.8 Å². The Kier molecular flexibility index (Phi) is 5.89. The number of benzene rings is 1. The normalized spacial score (nSPS) is 39.7. The van der Waals surface area contributed by atoms with E-state index in [1.54, 1.807) is 20.0 Å². The maximum absolute atomic E-state index is 18.0.